The average molecular weight is 248 g/mol. The first-order valence-electron chi connectivity index (χ1n) is 4.86. The van der Waals surface area contributed by atoms with Crippen molar-refractivity contribution in [3.8, 4) is 0 Å². The molecule has 0 fully saturated rings. The molecule has 0 aromatic carbocycles. The van der Waals surface area contributed by atoms with Crippen molar-refractivity contribution in [2.45, 2.75) is 6.54 Å². The van der Waals surface area contributed by atoms with Crippen molar-refractivity contribution in [3.05, 3.63) is 35.4 Å². The summed E-state index contributed by atoms with van der Waals surface area (Å²) in [6.45, 7) is 0.109. The van der Waals surface area contributed by atoms with Crippen molar-refractivity contribution >= 4 is 11.9 Å². The van der Waals surface area contributed by atoms with E-state index in [1.54, 1.807) is 0 Å². The molecule has 9 heteroatoms. The van der Waals surface area contributed by atoms with E-state index in [9.17, 15) is 9.59 Å². The van der Waals surface area contributed by atoms with Crippen molar-refractivity contribution in [2.75, 3.05) is 0 Å². The number of hydrogen-bond acceptors (Lipinski definition) is 6. The second-order valence-corrected chi connectivity index (χ2v) is 3.25. The molecule has 1 amide bonds. The normalized spacial score (nSPS) is 10.0. The zero-order valence-electron chi connectivity index (χ0n) is 8.99. The smallest absolute Gasteiger partial charge is 0.337 e. The van der Waals surface area contributed by atoms with Gasteiger partial charge in [-0.3, -0.25) is 9.78 Å². The highest BCUT2D eigenvalue weighted by Gasteiger charge is 2.10. The summed E-state index contributed by atoms with van der Waals surface area (Å²) in [5.74, 6) is -1.21. The Morgan fingerprint density at radius 3 is 2.78 bits per heavy atom. The first-order chi connectivity index (χ1) is 8.66. The van der Waals surface area contributed by atoms with Crippen LogP contribution in [0, 0.1) is 0 Å². The van der Waals surface area contributed by atoms with E-state index in [2.05, 4.69) is 30.9 Å². The molecule has 0 saturated carbocycles. The van der Waals surface area contributed by atoms with E-state index >= 15 is 0 Å². The maximum Gasteiger partial charge on any atom is 0.337 e. The van der Waals surface area contributed by atoms with Crippen molar-refractivity contribution in [1.29, 1.82) is 0 Å². The summed E-state index contributed by atoms with van der Waals surface area (Å²) < 4.78 is 0. The maximum atomic E-state index is 11.6. The number of aromatic carboxylic acids is 1. The van der Waals surface area contributed by atoms with Gasteiger partial charge >= 0.3 is 5.97 Å². The van der Waals surface area contributed by atoms with Crippen LogP contribution in [0.25, 0.3) is 0 Å². The number of aromatic amines is 1. The molecule has 2 heterocycles. The molecule has 2 aromatic rings. The molecular formula is C9H8N6O3. The summed E-state index contributed by atoms with van der Waals surface area (Å²) >= 11 is 0. The van der Waals surface area contributed by atoms with Gasteiger partial charge < -0.3 is 10.4 Å². The molecule has 0 aliphatic heterocycles. The SMILES string of the molecule is O=C(O)c1ccc(C(=O)NCc2nn[nH]n2)nc1. The Kier molecular flexibility index (Phi) is 3.23. The van der Waals surface area contributed by atoms with Crippen molar-refractivity contribution in [3.63, 3.8) is 0 Å². The second-order valence-electron chi connectivity index (χ2n) is 3.25. The summed E-state index contributed by atoms with van der Waals surface area (Å²) in [6.07, 6.45) is 1.12. The molecule has 0 unspecified atom stereocenters. The van der Waals surface area contributed by atoms with Crippen LogP contribution in [0.3, 0.4) is 0 Å². The molecule has 0 aliphatic carbocycles. The van der Waals surface area contributed by atoms with Gasteiger partial charge in [-0.25, -0.2) is 4.79 Å². The number of amides is 1. The highest BCUT2D eigenvalue weighted by molar-refractivity contribution is 5.93. The lowest BCUT2D eigenvalue weighted by Gasteiger charge is -2.01. The van der Waals surface area contributed by atoms with Crippen molar-refractivity contribution in [1.82, 2.24) is 30.9 Å². The number of carbonyl (C=O) groups is 2. The number of carboxylic acid groups (broad SMARTS) is 1. The van der Waals surface area contributed by atoms with Gasteiger partial charge in [0.25, 0.3) is 5.91 Å². The second kappa shape index (κ2) is 4.99. The van der Waals surface area contributed by atoms with Crippen molar-refractivity contribution < 1.29 is 14.7 Å². The highest BCUT2D eigenvalue weighted by atomic mass is 16.4. The highest BCUT2D eigenvalue weighted by Crippen LogP contribution is 2.00. The number of rotatable bonds is 4. The Hall–Kier alpha value is -2.84. The maximum absolute atomic E-state index is 11.6. The fourth-order valence-corrected chi connectivity index (χ4v) is 1.16. The molecule has 18 heavy (non-hydrogen) atoms. The van der Waals surface area contributed by atoms with Crippen LogP contribution < -0.4 is 5.32 Å². The lowest BCUT2D eigenvalue weighted by molar-refractivity contribution is 0.0695. The van der Waals surface area contributed by atoms with Gasteiger partial charge in [0.2, 0.25) is 0 Å². The first kappa shape index (κ1) is 11.6. The number of tetrazole rings is 1. The zero-order valence-corrected chi connectivity index (χ0v) is 8.99. The lowest BCUT2D eigenvalue weighted by atomic mass is 10.2. The fourth-order valence-electron chi connectivity index (χ4n) is 1.16. The van der Waals surface area contributed by atoms with Crippen LogP contribution >= 0.6 is 0 Å². The Bertz CT molecular complexity index is 550. The van der Waals surface area contributed by atoms with Crippen LogP contribution in [-0.2, 0) is 6.54 Å². The van der Waals surface area contributed by atoms with Crippen molar-refractivity contribution in [2.24, 2.45) is 0 Å². The number of nitrogens with one attached hydrogen (secondary N) is 2. The summed E-state index contributed by atoms with van der Waals surface area (Å²) in [4.78, 5) is 26.0. The summed E-state index contributed by atoms with van der Waals surface area (Å²) in [5, 5.41) is 24.1. The molecule has 9 nitrogen and oxygen atoms in total. The third kappa shape index (κ3) is 2.64. The number of carbonyl (C=O) groups excluding carboxylic acids is 1. The van der Waals surface area contributed by atoms with Gasteiger partial charge in [0.15, 0.2) is 5.82 Å². The van der Waals surface area contributed by atoms with E-state index in [0.29, 0.717) is 5.82 Å². The van der Waals surface area contributed by atoms with Crippen LogP contribution in [0.4, 0.5) is 0 Å². The molecule has 92 valence electrons. The third-order valence-electron chi connectivity index (χ3n) is 2.04. The lowest BCUT2D eigenvalue weighted by Crippen LogP contribution is -2.24. The Labute approximate surface area is 100 Å². The number of H-pyrrole nitrogens is 1. The van der Waals surface area contributed by atoms with Gasteiger partial charge in [-0.05, 0) is 12.1 Å². The molecule has 0 radical (unpaired) electrons. The van der Waals surface area contributed by atoms with E-state index in [4.69, 9.17) is 5.11 Å². The zero-order chi connectivity index (χ0) is 13.0. The molecule has 0 spiro atoms. The minimum absolute atomic E-state index is 0.0183. The van der Waals surface area contributed by atoms with Gasteiger partial charge in [0.05, 0.1) is 12.1 Å². The molecule has 0 atom stereocenters. The number of nitrogens with zero attached hydrogens (tertiary/aromatic N) is 4. The molecule has 2 rings (SSSR count). The molecule has 0 aliphatic rings. The fraction of sp³-hybridized carbons (Fsp3) is 0.111. The topological polar surface area (TPSA) is 134 Å². The molecular weight excluding hydrogens is 240 g/mol. The molecule has 0 saturated heterocycles. The Morgan fingerprint density at radius 1 is 1.39 bits per heavy atom. The first-order valence-corrected chi connectivity index (χ1v) is 4.86. The Balaban J connectivity index is 1.98. The van der Waals surface area contributed by atoms with E-state index in [1.807, 2.05) is 0 Å². The standard InChI is InChI=1S/C9H8N6O3/c16-8(11-4-7-12-14-15-13-7)6-2-1-5(3-10-6)9(17)18/h1-3H,4H2,(H,11,16)(H,17,18)(H,12,13,14,15). The summed E-state index contributed by atoms with van der Waals surface area (Å²) in [7, 11) is 0. The number of hydrogen-bond donors (Lipinski definition) is 3. The van der Waals surface area contributed by atoms with E-state index in [-0.39, 0.29) is 17.8 Å². The number of aromatic nitrogens is 5. The van der Waals surface area contributed by atoms with Crippen LogP contribution in [0.2, 0.25) is 0 Å². The summed E-state index contributed by atoms with van der Waals surface area (Å²) in [5.41, 5.74) is 0.133. The van der Waals surface area contributed by atoms with Gasteiger partial charge in [-0.1, -0.05) is 5.21 Å². The molecule has 2 aromatic heterocycles. The monoisotopic (exact) mass is 248 g/mol. The third-order valence-corrected chi connectivity index (χ3v) is 2.04. The predicted octanol–water partition coefficient (Wildman–Crippen LogP) is -0.777. The molecule has 0 bridgehead atoms. The Morgan fingerprint density at radius 2 is 2.22 bits per heavy atom. The van der Waals surface area contributed by atoms with E-state index in [0.717, 1.165) is 6.20 Å². The quantitative estimate of drug-likeness (QED) is 0.646. The summed E-state index contributed by atoms with van der Waals surface area (Å²) in [6, 6.07) is 2.63. The van der Waals surface area contributed by atoms with Crippen LogP contribution in [0.5, 0.6) is 0 Å². The van der Waals surface area contributed by atoms with Gasteiger partial charge in [0.1, 0.15) is 5.69 Å². The number of carboxylic acids is 1. The van der Waals surface area contributed by atoms with Gasteiger partial charge in [0, 0.05) is 6.20 Å². The predicted molar refractivity (Wildman–Crippen MR) is 56.5 cm³/mol. The van der Waals surface area contributed by atoms with Crippen LogP contribution in [-0.4, -0.2) is 42.6 Å². The molecule has 3 N–H and O–H groups in total. The average Bonchev–Trinajstić information content (AvgIpc) is 2.89. The largest absolute Gasteiger partial charge is 0.478 e. The van der Waals surface area contributed by atoms with E-state index in [1.165, 1.54) is 12.1 Å². The van der Waals surface area contributed by atoms with E-state index < -0.39 is 11.9 Å². The minimum atomic E-state index is -1.10. The number of pyridine rings is 1. The van der Waals surface area contributed by atoms with Gasteiger partial charge in [-0.2, -0.15) is 5.21 Å². The van der Waals surface area contributed by atoms with Gasteiger partial charge in [-0.15, -0.1) is 10.2 Å². The van der Waals surface area contributed by atoms with Crippen LogP contribution in [0.1, 0.15) is 26.7 Å². The van der Waals surface area contributed by atoms with Crippen LogP contribution in [0.15, 0.2) is 18.3 Å². The minimum Gasteiger partial charge on any atom is -0.478 e.